The number of benzene rings is 2. The van der Waals surface area contributed by atoms with Crippen LogP contribution in [-0.4, -0.2) is 49.0 Å². The number of halogens is 1. The number of thiazole rings is 1. The Morgan fingerprint density at radius 3 is 2.67 bits per heavy atom. The smallest absolute Gasteiger partial charge is 0.316 e. The number of rotatable bonds is 12. The van der Waals surface area contributed by atoms with Crippen molar-refractivity contribution in [3.8, 4) is 17.2 Å². The van der Waals surface area contributed by atoms with Crippen molar-refractivity contribution in [3.63, 3.8) is 0 Å². The van der Waals surface area contributed by atoms with Gasteiger partial charge in [-0.25, -0.2) is 9.37 Å². The number of carbonyl (C=O) groups excluding carboxylic acids is 2. The van der Waals surface area contributed by atoms with E-state index in [9.17, 15) is 14.0 Å². The SMILES string of the molecule is CCOC(=O)CSc1cnc(NC(=O)c2cc(Oc3ccc(F)c(C)c3)cc(O[C@@H](C)COC)c2)s1. The molecule has 192 valence electrons. The zero-order valence-corrected chi connectivity index (χ0v) is 22.0. The summed E-state index contributed by atoms with van der Waals surface area (Å²) in [6.07, 6.45) is 1.31. The van der Waals surface area contributed by atoms with Gasteiger partial charge in [-0.2, -0.15) is 0 Å². The van der Waals surface area contributed by atoms with Crippen molar-refractivity contribution in [2.75, 3.05) is 31.4 Å². The lowest BCUT2D eigenvalue weighted by Gasteiger charge is -2.16. The van der Waals surface area contributed by atoms with Crippen LogP contribution in [0.5, 0.6) is 17.2 Å². The van der Waals surface area contributed by atoms with Gasteiger partial charge in [0.1, 0.15) is 29.2 Å². The highest BCUT2D eigenvalue weighted by Crippen LogP contribution is 2.31. The van der Waals surface area contributed by atoms with Crippen LogP contribution in [0.25, 0.3) is 0 Å². The lowest BCUT2D eigenvalue weighted by molar-refractivity contribution is -0.139. The van der Waals surface area contributed by atoms with Gasteiger partial charge in [-0.15, -0.1) is 11.8 Å². The van der Waals surface area contributed by atoms with Crippen LogP contribution in [-0.2, 0) is 14.3 Å². The number of amides is 1. The fraction of sp³-hybridized carbons (Fsp3) is 0.320. The van der Waals surface area contributed by atoms with Crippen molar-refractivity contribution in [1.82, 2.24) is 4.98 Å². The Hall–Kier alpha value is -3.15. The number of hydrogen-bond donors (Lipinski definition) is 1. The van der Waals surface area contributed by atoms with Crippen LogP contribution in [0.1, 0.15) is 29.8 Å². The molecule has 1 aromatic heterocycles. The maximum Gasteiger partial charge on any atom is 0.316 e. The first-order chi connectivity index (χ1) is 17.3. The fourth-order valence-corrected chi connectivity index (χ4v) is 4.70. The highest BCUT2D eigenvalue weighted by molar-refractivity contribution is 8.01. The molecule has 11 heteroatoms. The Morgan fingerprint density at radius 1 is 1.17 bits per heavy atom. The maximum atomic E-state index is 13.6. The van der Waals surface area contributed by atoms with Gasteiger partial charge in [-0.1, -0.05) is 11.3 Å². The molecule has 0 spiro atoms. The van der Waals surface area contributed by atoms with Crippen LogP contribution in [0, 0.1) is 12.7 Å². The highest BCUT2D eigenvalue weighted by atomic mass is 32.2. The average molecular weight is 535 g/mol. The Balaban J connectivity index is 1.77. The van der Waals surface area contributed by atoms with E-state index in [0.29, 0.717) is 41.2 Å². The predicted molar refractivity (Wildman–Crippen MR) is 137 cm³/mol. The number of methoxy groups -OCH3 is 1. The number of aryl methyl sites for hydroxylation is 1. The number of nitrogens with one attached hydrogen (secondary N) is 1. The summed E-state index contributed by atoms with van der Waals surface area (Å²) >= 11 is 2.53. The maximum absolute atomic E-state index is 13.6. The molecule has 1 amide bonds. The number of ether oxygens (including phenoxy) is 4. The molecule has 0 radical (unpaired) electrons. The molecule has 0 aliphatic heterocycles. The molecule has 8 nitrogen and oxygen atoms in total. The minimum atomic E-state index is -0.420. The van der Waals surface area contributed by atoms with Crippen molar-refractivity contribution in [3.05, 3.63) is 59.5 Å². The molecular formula is C25H27FN2O6S2. The second-order valence-corrected chi connectivity index (χ2v) is 9.93. The van der Waals surface area contributed by atoms with E-state index in [4.69, 9.17) is 18.9 Å². The summed E-state index contributed by atoms with van der Waals surface area (Å²) in [5, 5.41) is 3.14. The van der Waals surface area contributed by atoms with Crippen LogP contribution in [0.2, 0.25) is 0 Å². The predicted octanol–water partition coefficient (Wildman–Crippen LogP) is 5.70. The molecule has 0 unspecified atom stereocenters. The van der Waals surface area contributed by atoms with Gasteiger partial charge in [-0.3, -0.25) is 14.9 Å². The molecule has 2 aromatic carbocycles. The third kappa shape index (κ3) is 8.21. The average Bonchev–Trinajstić information content (AvgIpc) is 3.27. The molecule has 1 heterocycles. The van der Waals surface area contributed by atoms with Crippen molar-refractivity contribution in [2.24, 2.45) is 0 Å². The molecule has 0 saturated heterocycles. The number of nitrogens with zero attached hydrogens (tertiary/aromatic N) is 1. The summed E-state index contributed by atoms with van der Waals surface area (Å²) in [4.78, 5) is 28.8. The Morgan fingerprint density at radius 2 is 1.94 bits per heavy atom. The summed E-state index contributed by atoms with van der Waals surface area (Å²) in [5.74, 6) is 0.262. The van der Waals surface area contributed by atoms with Gasteiger partial charge >= 0.3 is 5.97 Å². The molecular weight excluding hydrogens is 507 g/mol. The van der Waals surface area contributed by atoms with Crippen molar-refractivity contribution >= 4 is 40.1 Å². The van der Waals surface area contributed by atoms with Crippen LogP contribution in [0.3, 0.4) is 0 Å². The van der Waals surface area contributed by atoms with E-state index >= 15 is 0 Å². The number of thioether (sulfide) groups is 1. The van der Waals surface area contributed by atoms with Crippen LogP contribution >= 0.6 is 23.1 Å². The van der Waals surface area contributed by atoms with Gasteiger partial charge in [0.2, 0.25) is 0 Å². The first kappa shape index (κ1) is 27.4. The zero-order chi connectivity index (χ0) is 26.1. The van der Waals surface area contributed by atoms with Gasteiger partial charge in [0, 0.05) is 18.7 Å². The molecule has 3 aromatic rings. The normalized spacial score (nSPS) is 11.6. The standard InChI is InChI=1S/C25H27FN2O6S2/c1-5-32-22(29)14-35-23-12-27-25(36-23)28-24(30)17-9-19(33-16(3)13-31-4)11-20(10-17)34-18-6-7-21(26)15(2)8-18/h6-12,16H,5,13-14H2,1-4H3,(H,27,28,30)/t16-/m0/s1. The third-order valence-electron chi connectivity index (χ3n) is 4.59. The molecule has 0 bridgehead atoms. The minimum Gasteiger partial charge on any atom is -0.488 e. The fourth-order valence-electron chi connectivity index (χ4n) is 3.03. The van der Waals surface area contributed by atoms with Gasteiger partial charge < -0.3 is 18.9 Å². The molecule has 3 rings (SSSR count). The van der Waals surface area contributed by atoms with E-state index in [1.54, 1.807) is 51.4 Å². The van der Waals surface area contributed by atoms with Crippen LogP contribution < -0.4 is 14.8 Å². The quantitative estimate of drug-likeness (QED) is 0.233. The van der Waals surface area contributed by atoms with E-state index < -0.39 is 5.91 Å². The first-order valence-corrected chi connectivity index (χ1v) is 12.9. The summed E-state index contributed by atoms with van der Waals surface area (Å²) in [5.41, 5.74) is 0.717. The summed E-state index contributed by atoms with van der Waals surface area (Å²) in [6.45, 7) is 5.90. The van der Waals surface area contributed by atoms with Crippen LogP contribution in [0.15, 0.2) is 46.8 Å². The summed E-state index contributed by atoms with van der Waals surface area (Å²) < 4.78 is 36.2. The van der Waals surface area contributed by atoms with E-state index in [-0.39, 0.29) is 29.2 Å². The number of carbonyl (C=O) groups is 2. The van der Waals surface area contributed by atoms with Gasteiger partial charge in [-0.05, 0) is 56.7 Å². The molecule has 0 saturated carbocycles. The van der Waals surface area contributed by atoms with Crippen molar-refractivity contribution < 1.29 is 32.9 Å². The molecule has 0 aliphatic rings. The number of anilines is 1. The Bertz CT molecular complexity index is 1200. The van der Waals surface area contributed by atoms with Gasteiger partial charge in [0.25, 0.3) is 5.91 Å². The zero-order valence-electron chi connectivity index (χ0n) is 20.3. The Labute approximate surface area is 217 Å². The lowest BCUT2D eigenvalue weighted by atomic mass is 10.1. The third-order valence-corrected chi connectivity index (χ3v) is 6.67. The number of esters is 1. The Kier molecular flexibility index (Phi) is 10.1. The number of hydrogen-bond acceptors (Lipinski definition) is 9. The topological polar surface area (TPSA) is 96.0 Å². The second-order valence-electron chi connectivity index (χ2n) is 7.62. The largest absolute Gasteiger partial charge is 0.488 e. The molecule has 1 atom stereocenters. The van der Waals surface area contributed by atoms with E-state index in [2.05, 4.69) is 10.3 Å². The summed E-state index contributed by atoms with van der Waals surface area (Å²) in [6, 6.07) is 9.20. The monoisotopic (exact) mass is 534 g/mol. The molecule has 1 N–H and O–H groups in total. The van der Waals surface area contributed by atoms with Gasteiger partial charge in [0.05, 0.1) is 29.4 Å². The van der Waals surface area contributed by atoms with Crippen molar-refractivity contribution in [1.29, 1.82) is 0 Å². The van der Waals surface area contributed by atoms with Crippen molar-refractivity contribution in [2.45, 2.75) is 31.1 Å². The summed E-state index contributed by atoms with van der Waals surface area (Å²) in [7, 11) is 1.57. The second kappa shape index (κ2) is 13.2. The molecule has 0 fully saturated rings. The molecule has 36 heavy (non-hydrogen) atoms. The lowest BCUT2D eigenvalue weighted by Crippen LogP contribution is -2.18. The van der Waals surface area contributed by atoms with Crippen LogP contribution in [0.4, 0.5) is 9.52 Å². The number of aromatic nitrogens is 1. The van der Waals surface area contributed by atoms with E-state index in [1.807, 2.05) is 6.92 Å². The molecule has 0 aliphatic carbocycles. The van der Waals surface area contributed by atoms with E-state index in [1.165, 1.54) is 35.2 Å². The van der Waals surface area contributed by atoms with Gasteiger partial charge in [0.15, 0.2) is 5.13 Å². The van der Waals surface area contributed by atoms with E-state index in [0.717, 1.165) is 4.21 Å². The first-order valence-electron chi connectivity index (χ1n) is 11.1. The highest BCUT2D eigenvalue weighted by Gasteiger charge is 2.15. The minimum absolute atomic E-state index is 0.159.